The predicted octanol–water partition coefficient (Wildman–Crippen LogP) is 2.45. The quantitative estimate of drug-likeness (QED) is 0.669. The Morgan fingerprint density at radius 1 is 1.10 bits per heavy atom. The number of rotatable bonds is 1. The van der Waals surface area contributed by atoms with E-state index < -0.39 is 11.6 Å². The first-order chi connectivity index (χ1) is 9.58. The third kappa shape index (κ3) is 1.82. The molecule has 0 aliphatic carbocycles. The minimum absolute atomic E-state index is 0.102. The van der Waals surface area contributed by atoms with Crippen molar-refractivity contribution in [2.24, 2.45) is 0 Å². The fourth-order valence-electron chi connectivity index (χ4n) is 1.99. The van der Waals surface area contributed by atoms with E-state index in [0.29, 0.717) is 10.9 Å². The first-order valence-corrected chi connectivity index (χ1v) is 5.81. The fraction of sp³-hybridized carbons (Fsp3) is 0. The Bertz CT molecular complexity index is 874. The number of benzene rings is 2. The summed E-state index contributed by atoms with van der Waals surface area (Å²) >= 11 is 0. The Labute approximate surface area is 111 Å². The predicted molar refractivity (Wildman–Crippen MR) is 72.1 cm³/mol. The van der Waals surface area contributed by atoms with Crippen molar-refractivity contribution in [1.82, 2.24) is 9.97 Å². The van der Waals surface area contributed by atoms with Crippen molar-refractivity contribution in [3.8, 4) is 11.4 Å². The Kier molecular flexibility index (Phi) is 2.71. The van der Waals surface area contributed by atoms with Crippen molar-refractivity contribution < 1.29 is 8.78 Å². The van der Waals surface area contributed by atoms with E-state index in [2.05, 4.69) is 9.97 Å². The van der Waals surface area contributed by atoms with Gasteiger partial charge in [0.2, 0.25) is 0 Å². The zero-order valence-corrected chi connectivity index (χ0v) is 10.2. The molecule has 2 aromatic carbocycles. The van der Waals surface area contributed by atoms with Crippen molar-refractivity contribution in [2.75, 3.05) is 5.73 Å². The molecular formula is C14H9F2N3O. The van der Waals surface area contributed by atoms with Gasteiger partial charge in [-0.2, -0.15) is 0 Å². The second-order valence-corrected chi connectivity index (χ2v) is 4.25. The summed E-state index contributed by atoms with van der Waals surface area (Å²) in [6.45, 7) is 0. The van der Waals surface area contributed by atoms with E-state index in [1.165, 1.54) is 6.07 Å². The maximum atomic E-state index is 13.5. The summed E-state index contributed by atoms with van der Waals surface area (Å²) in [5.74, 6) is -2.10. The highest BCUT2D eigenvalue weighted by Gasteiger charge is 2.14. The number of aromatic nitrogens is 2. The van der Waals surface area contributed by atoms with Gasteiger partial charge in [0.15, 0.2) is 11.6 Å². The van der Waals surface area contributed by atoms with Crippen LogP contribution in [0.5, 0.6) is 0 Å². The Hall–Kier alpha value is -2.76. The second-order valence-electron chi connectivity index (χ2n) is 4.25. The third-order valence-corrected chi connectivity index (χ3v) is 3.00. The number of hydrogen-bond donors (Lipinski definition) is 2. The molecule has 0 aliphatic heterocycles. The molecule has 4 nitrogen and oxygen atoms in total. The normalized spacial score (nSPS) is 10.9. The summed E-state index contributed by atoms with van der Waals surface area (Å²) in [5, 5.41) is 0.414. The van der Waals surface area contributed by atoms with Crippen molar-refractivity contribution >= 4 is 16.6 Å². The molecule has 0 saturated carbocycles. The molecule has 3 N–H and O–H groups in total. The summed E-state index contributed by atoms with van der Waals surface area (Å²) in [6.07, 6.45) is 0. The smallest absolute Gasteiger partial charge is 0.259 e. The number of nitrogens with two attached hydrogens (primary N) is 1. The van der Waals surface area contributed by atoms with E-state index in [4.69, 9.17) is 5.73 Å². The van der Waals surface area contributed by atoms with Crippen LogP contribution in [-0.4, -0.2) is 9.97 Å². The van der Waals surface area contributed by atoms with Gasteiger partial charge in [-0.3, -0.25) is 4.79 Å². The average molecular weight is 273 g/mol. The van der Waals surface area contributed by atoms with Crippen LogP contribution in [0, 0.1) is 11.6 Å². The molecule has 3 aromatic rings. The minimum Gasteiger partial charge on any atom is -0.396 e. The number of hydrogen-bond acceptors (Lipinski definition) is 3. The van der Waals surface area contributed by atoms with Crippen LogP contribution in [0.25, 0.3) is 22.3 Å². The van der Waals surface area contributed by atoms with Crippen LogP contribution in [-0.2, 0) is 0 Å². The van der Waals surface area contributed by atoms with Crippen molar-refractivity contribution in [3.05, 3.63) is 58.4 Å². The minimum atomic E-state index is -1.15. The fourth-order valence-corrected chi connectivity index (χ4v) is 1.99. The lowest BCUT2D eigenvalue weighted by Crippen LogP contribution is -2.10. The number of fused-ring (bicyclic) bond motifs is 1. The summed E-state index contributed by atoms with van der Waals surface area (Å²) in [7, 11) is 0. The van der Waals surface area contributed by atoms with E-state index in [1.807, 2.05) is 0 Å². The lowest BCUT2D eigenvalue weighted by atomic mass is 10.1. The topological polar surface area (TPSA) is 71.8 Å². The van der Waals surface area contributed by atoms with Gasteiger partial charge in [0.1, 0.15) is 5.82 Å². The van der Waals surface area contributed by atoms with Gasteiger partial charge in [-0.05, 0) is 24.3 Å². The van der Waals surface area contributed by atoms with Gasteiger partial charge in [0.05, 0.1) is 16.6 Å². The zero-order chi connectivity index (χ0) is 14.3. The Morgan fingerprint density at radius 2 is 1.85 bits per heavy atom. The maximum Gasteiger partial charge on any atom is 0.259 e. The zero-order valence-electron chi connectivity index (χ0n) is 10.2. The highest BCUT2D eigenvalue weighted by Crippen LogP contribution is 2.26. The number of aromatic amines is 1. The van der Waals surface area contributed by atoms with Crippen molar-refractivity contribution in [1.29, 1.82) is 0 Å². The molecule has 3 rings (SSSR count). The summed E-state index contributed by atoms with van der Waals surface area (Å²) < 4.78 is 26.5. The lowest BCUT2D eigenvalue weighted by molar-refractivity contribution is 0.512. The molecule has 1 heterocycles. The van der Waals surface area contributed by atoms with Crippen LogP contribution in [0.4, 0.5) is 14.5 Å². The van der Waals surface area contributed by atoms with Gasteiger partial charge in [0.25, 0.3) is 5.56 Å². The molecule has 0 fully saturated rings. The van der Waals surface area contributed by atoms with Gasteiger partial charge in [-0.25, -0.2) is 13.8 Å². The third-order valence-electron chi connectivity index (χ3n) is 3.00. The highest BCUT2D eigenvalue weighted by molar-refractivity contribution is 5.81. The Balaban J connectivity index is 2.31. The maximum absolute atomic E-state index is 13.5. The molecule has 6 heteroatoms. The molecule has 20 heavy (non-hydrogen) atoms. The molecule has 0 spiro atoms. The van der Waals surface area contributed by atoms with Crippen LogP contribution in [0.1, 0.15) is 0 Å². The van der Waals surface area contributed by atoms with Crippen LogP contribution >= 0.6 is 0 Å². The van der Waals surface area contributed by atoms with E-state index in [1.54, 1.807) is 24.3 Å². The van der Waals surface area contributed by atoms with Crippen LogP contribution in [0.3, 0.4) is 0 Å². The van der Waals surface area contributed by atoms with Crippen molar-refractivity contribution in [2.45, 2.75) is 0 Å². The Morgan fingerprint density at radius 3 is 2.65 bits per heavy atom. The number of halogens is 2. The summed E-state index contributed by atoms with van der Waals surface area (Å²) in [5.41, 5.74) is 5.38. The van der Waals surface area contributed by atoms with Crippen LogP contribution < -0.4 is 11.3 Å². The van der Waals surface area contributed by atoms with Gasteiger partial charge < -0.3 is 10.7 Å². The van der Waals surface area contributed by atoms with Gasteiger partial charge >= 0.3 is 0 Å². The monoisotopic (exact) mass is 273 g/mol. The molecule has 1 aromatic heterocycles. The van der Waals surface area contributed by atoms with Gasteiger partial charge in [0, 0.05) is 5.56 Å². The molecule has 100 valence electrons. The summed E-state index contributed by atoms with van der Waals surface area (Å²) in [4.78, 5) is 18.7. The summed E-state index contributed by atoms with van der Waals surface area (Å²) in [6, 6.07) is 8.94. The molecule has 0 amide bonds. The van der Waals surface area contributed by atoms with Crippen LogP contribution in [0.15, 0.2) is 41.2 Å². The van der Waals surface area contributed by atoms with Gasteiger partial charge in [-0.15, -0.1) is 0 Å². The molecule has 0 bridgehead atoms. The molecule has 0 saturated heterocycles. The average Bonchev–Trinajstić information content (AvgIpc) is 2.45. The number of anilines is 1. The first-order valence-electron chi connectivity index (χ1n) is 5.81. The number of H-pyrrole nitrogens is 1. The molecule has 0 radical (unpaired) electrons. The van der Waals surface area contributed by atoms with E-state index in [-0.39, 0.29) is 22.6 Å². The highest BCUT2D eigenvalue weighted by atomic mass is 19.2. The number of nitrogen functional groups attached to an aromatic ring is 1. The molecular weight excluding hydrogens is 264 g/mol. The number of para-hydroxylation sites is 1. The molecule has 0 atom stereocenters. The van der Waals surface area contributed by atoms with Crippen LogP contribution in [0.2, 0.25) is 0 Å². The number of nitrogens with zero attached hydrogens (tertiary/aromatic N) is 1. The van der Waals surface area contributed by atoms with E-state index in [0.717, 1.165) is 6.07 Å². The van der Waals surface area contributed by atoms with E-state index >= 15 is 0 Å². The first kappa shape index (κ1) is 12.3. The van der Waals surface area contributed by atoms with E-state index in [9.17, 15) is 13.6 Å². The largest absolute Gasteiger partial charge is 0.396 e. The van der Waals surface area contributed by atoms with Crippen molar-refractivity contribution in [3.63, 3.8) is 0 Å². The molecule has 0 aliphatic rings. The standard InChI is InChI=1S/C14H9F2N3O/c15-9-6-5-8(12(17)11(9)16)13-18-10-4-2-1-3-7(10)14(20)19-13/h1-6H,17H2,(H,18,19,20). The van der Waals surface area contributed by atoms with Gasteiger partial charge in [-0.1, -0.05) is 12.1 Å². The second kappa shape index (κ2) is 4.41. The lowest BCUT2D eigenvalue weighted by Gasteiger charge is -2.07. The molecule has 0 unspecified atom stereocenters. The SMILES string of the molecule is Nc1c(-c2nc3ccccc3c(=O)[nH]2)ccc(F)c1F. The number of nitrogens with one attached hydrogen (secondary N) is 1.